The van der Waals surface area contributed by atoms with Crippen LogP contribution >= 0.6 is 11.3 Å². The average molecular weight is 419 g/mol. The van der Waals surface area contributed by atoms with Crippen molar-refractivity contribution in [3.8, 4) is 11.8 Å². The van der Waals surface area contributed by atoms with Crippen molar-refractivity contribution in [2.45, 2.75) is 44.6 Å². The van der Waals surface area contributed by atoms with Crippen molar-refractivity contribution >= 4 is 39.1 Å². The fourth-order valence-electron chi connectivity index (χ4n) is 3.71. The third kappa shape index (κ3) is 4.50. The van der Waals surface area contributed by atoms with Gasteiger partial charge in [0.1, 0.15) is 11.2 Å². The molecule has 6 nitrogen and oxygen atoms in total. The molecule has 0 spiro atoms. The predicted octanol–water partition coefficient (Wildman–Crippen LogP) is 4.13. The van der Waals surface area contributed by atoms with Crippen molar-refractivity contribution in [2.24, 2.45) is 0 Å². The minimum absolute atomic E-state index is 0.213. The fraction of sp³-hybridized carbons (Fsp3) is 0.304. The van der Waals surface area contributed by atoms with Crippen LogP contribution in [-0.4, -0.2) is 27.3 Å². The van der Waals surface area contributed by atoms with E-state index < -0.39 is 5.54 Å². The number of fused-ring (bicyclic) bond motifs is 1. The van der Waals surface area contributed by atoms with Gasteiger partial charge in [0.2, 0.25) is 5.91 Å². The standard InChI is InChI=1S/C23H22N4O2S/c1-16(28)25-22-26-20(15-30-22)21(29)27-23(10-5-2-6-11-23)12-9-18-14-24-13-17-7-3-4-8-19(17)18/h3-4,7-8,13-15H,2,5-6,10-11H2,1H3,(H,27,29)(H,25,26,28). The van der Waals surface area contributed by atoms with Gasteiger partial charge in [0, 0.05) is 35.5 Å². The summed E-state index contributed by atoms with van der Waals surface area (Å²) in [5.74, 6) is 6.17. The summed E-state index contributed by atoms with van der Waals surface area (Å²) < 4.78 is 0. The van der Waals surface area contributed by atoms with Crippen molar-refractivity contribution in [1.29, 1.82) is 0 Å². The van der Waals surface area contributed by atoms with E-state index in [1.807, 2.05) is 30.5 Å². The number of carbonyl (C=O) groups excluding carboxylic acids is 2. The molecule has 0 bridgehead atoms. The van der Waals surface area contributed by atoms with Crippen LogP contribution in [0.4, 0.5) is 5.13 Å². The second kappa shape index (κ2) is 8.64. The maximum Gasteiger partial charge on any atom is 0.272 e. The van der Waals surface area contributed by atoms with Gasteiger partial charge in [-0.25, -0.2) is 4.98 Å². The van der Waals surface area contributed by atoms with Gasteiger partial charge in [-0.15, -0.1) is 11.3 Å². The molecular formula is C23H22N4O2S. The van der Waals surface area contributed by atoms with Crippen LogP contribution in [0.25, 0.3) is 10.8 Å². The molecule has 4 rings (SSSR count). The van der Waals surface area contributed by atoms with Crippen LogP contribution in [0, 0.1) is 11.8 Å². The highest BCUT2D eigenvalue weighted by molar-refractivity contribution is 7.14. The Morgan fingerprint density at radius 1 is 1.13 bits per heavy atom. The molecule has 2 N–H and O–H groups in total. The van der Waals surface area contributed by atoms with Gasteiger partial charge in [-0.2, -0.15) is 0 Å². The Kier molecular flexibility index (Phi) is 5.77. The molecule has 0 aliphatic heterocycles. The first-order valence-electron chi connectivity index (χ1n) is 9.96. The molecule has 0 radical (unpaired) electrons. The predicted molar refractivity (Wildman–Crippen MR) is 118 cm³/mol. The Labute approximate surface area is 179 Å². The van der Waals surface area contributed by atoms with E-state index in [4.69, 9.17) is 0 Å². The van der Waals surface area contributed by atoms with Crippen LogP contribution in [0.5, 0.6) is 0 Å². The number of amides is 2. The summed E-state index contributed by atoms with van der Waals surface area (Å²) in [5, 5.41) is 9.90. The normalized spacial score (nSPS) is 15.1. The summed E-state index contributed by atoms with van der Waals surface area (Å²) in [7, 11) is 0. The Morgan fingerprint density at radius 3 is 2.73 bits per heavy atom. The Morgan fingerprint density at radius 2 is 1.93 bits per heavy atom. The Hall–Kier alpha value is -3.24. The summed E-state index contributed by atoms with van der Waals surface area (Å²) in [6.07, 6.45) is 8.35. The maximum absolute atomic E-state index is 12.9. The van der Waals surface area contributed by atoms with Gasteiger partial charge in [0.15, 0.2) is 5.13 Å². The van der Waals surface area contributed by atoms with Crippen LogP contribution < -0.4 is 10.6 Å². The Bertz CT molecular complexity index is 1150. The zero-order valence-electron chi connectivity index (χ0n) is 16.7. The molecule has 0 atom stereocenters. The molecule has 1 fully saturated rings. The number of hydrogen-bond acceptors (Lipinski definition) is 5. The highest BCUT2D eigenvalue weighted by Crippen LogP contribution is 2.29. The first-order chi connectivity index (χ1) is 14.5. The molecule has 7 heteroatoms. The molecule has 1 aliphatic rings. The average Bonchev–Trinajstić information content (AvgIpc) is 3.21. The second-order valence-corrected chi connectivity index (χ2v) is 8.33. The maximum atomic E-state index is 12.9. The van der Waals surface area contributed by atoms with Crippen molar-refractivity contribution in [1.82, 2.24) is 15.3 Å². The number of pyridine rings is 1. The number of aromatic nitrogens is 2. The SMILES string of the molecule is CC(=O)Nc1nc(C(=O)NC2(C#Cc3cncc4ccccc34)CCCCC2)cs1. The molecule has 2 aromatic heterocycles. The summed E-state index contributed by atoms with van der Waals surface area (Å²) in [6.45, 7) is 1.41. The van der Waals surface area contributed by atoms with Crippen molar-refractivity contribution in [2.75, 3.05) is 5.32 Å². The molecule has 0 saturated heterocycles. The number of anilines is 1. The molecule has 2 amide bonds. The molecular weight excluding hydrogens is 396 g/mol. The van der Waals surface area contributed by atoms with Gasteiger partial charge >= 0.3 is 0 Å². The minimum Gasteiger partial charge on any atom is -0.334 e. The largest absolute Gasteiger partial charge is 0.334 e. The monoisotopic (exact) mass is 418 g/mol. The third-order valence-electron chi connectivity index (χ3n) is 5.18. The summed E-state index contributed by atoms with van der Waals surface area (Å²) >= 11 is 1.23. The van der Waals surface area contributed by atoms with Gasteiger partial charge in [0.05, 0.1) is 5.56 Å². The van der Waals surface area contributed by atoms with Gasteiger partial charge in [-0.05, 0) is 12.8 Å². The van der Waals surface area contributed by atoms with E-state index in [2.05, 4.69) is 32.4 Å². The molecule has 1 saturated carbocycles. The topological polar surface area (TPSA) is 84.0 Å². The van der Waals surface area contributed by atoms with E-state index in [0.717, 1.165) is 48.4 Å². The van der Waals surface area contributed by atoms with Crippen molar-refractivity contribution in [3.63, 3.8) is 0 Å². The minimum atomic E-state index is -0.593. The molecule has 152 valence electrons. The van der Waals surface area contributed by atoms with E-state index in [1.165, 1.54) is 18.3 Å². The van der Waals surface area contributed by atoms with Crippen LogP contribution in [0.1, 0.15) is 55.1 Å². The zero-order valence-corrected chi connectivity index (χ0v) is 17.5. The van der Waals surface area contributed by atoms with E-state index in [-0.39, 0.29) is 11.8 Å². The molecule has 0 unspecified atom stereocenters. The fourth-order valence-corrected chi connectivity index (χ4v) is 4.44. The van der Waals surface area contributed by atoms with Crippen LogP contribution in [0.15, 0.2) is 42.0 Å². The van der Waals surface area contributed by atoms with Gasteiger partial charge in [0.25, 0.3) is 5.91 Å². The molecule has 30 heavy (non-hydrogen) atoms. The number of thiazole rings is 1. The second-order valence-electron chi connectivity index (χ2n) is 7.47. The van der Waals surface area contributed by atoms with Gasteiger partial charge < -0.3 is 10.6 Å². The number of rotatable bonds is 3. The zero-order chi connectivity index (χ0) is 21.0. The van der Waals surface area contributed by atoms with Gasteiger partial charge in [-0.1, -0.05) is 55.4 Å². The van der Waals surface area contributed by atoms with Crippen molar-refractivity contribution in [3.05, 3.63) is 53.3 Å². The third-order valence-corrected chi connectivity index (χ3v) is 5.94. The first-order valence-corrected chi connectivity index (χ1v) is 10.8. The van der Waals surface area contributed by atoms with E-state index >= 15 is 0 Å². The summed E-state index contributed by atoms with van der Waals surface area (Å²) in [4.78, 5) is 32.6. The van der Waals surface area contributed by atoms with Gasteiger partial charge in [-0.3, -0.25) is 14.6 Å². The Balaban J connectivity index is 1.61. The summed E-state index contributed by atoms with van der Waals surface area (Å²) in [6, 6.07) is 8.01. The molecule has 2 heterocycles. The van der Waals surface area contributed by atoms with Crippen LogP contribution in [0.3, 0.4) is 0 Å². The number of benzene rings is 1. The van der Waals surface area contributed by atoms with Crippen molar-refractivity contribution < 1.29 is 9.59 Å². The number of nitrogens with zero attached hydrogens (tertiary/aromatic N) is 2. The quantitative estimate of drug-likeness (QED) is 0.627. The highest BCUT2D eigenvalue weighted by atomic mass is 32.1. The number of hydrogen-bond donors (Lipinski definition) is 2. The lowest BCUT2D eigenvalue weighted by Gasteiger charge is -2.33. The lowest BCUT2D eigenvalue weighted by atomic mass is 9.81. The lowest BCUT2D eigenvalue weighted by Crippen LogP contribution is -2.48. The number of nitrogens with one attached hydrogen (secondary N) is 2. The molecule has 1 aromatic carbocycles. The van der Waals surface area contributed by atoms with E-state index in [9.17, 15) is 9.59 Å². The first kappa shape index (κ1) is 20.0. The lowest BCUT2D eigenvalue weighted by molar-refractivity contribution is -0.114. The van der Waals surface area contributed by atoms with Crippen LogP contribution in [0.2, 0.25) is 0 Å². The molecule has 1 aliphatic carbocycles. The van der Waals surface area contributed by atoms with E-state index in [1.54, 1.807) is 11.6 Å². The smallest absolute Gasteiger partial charge is 0.272 e. The highest BCUT2D eigenvalue weighted by Gasteiger charge is 2.32. The summed E-state index contributed by atoms with van der Waals surface area (Å²) in [5.41, 5.74) is 0.556. The van der Waals surface area contributed by atoms with E-state index in [0.29, 0.717) is 10.8 Å². The molecule has 3 aromatic rings. The van der Waals surface area contributed by atoms with Crippen LogP contribution in [-0.2, 0) is 4.79 Å². The number of carbonyl (C=O) groups is 2.